The first-order valence-corrected chi connectivity index (χ1v) is 3.08. The van der Waals surface area contributed by atoms with E-state index in [-0.39, 0.29) is 0 Å². The number of nitrogens with zero attached hydrogens (tertiary/aromatic N) is 2. The van der Waals surface area contributed by atoms with Crippen molar-refractivity contribution < 1.29 is 5.11 Å². The van der Waals surface area contributed by atoms with Crippen LogP contribution in [0.15, 0.2) is 19.0 Å². The van der Waals surface area contributed by atoms with Gasteiger partial charge in [0.1, 0.15) is 6.33 Å². The highest BCUT2D eigenvalue weighted by Crippen LogP contribution is 2.00. The smallest absolute Gasteiger partial charge is 0.197 e. The molecule has 54 valence electrons. The fraction of sp³-hybridized carbons (Fsp3) is 0.200. The summed E-state index contributed by atoms with van der Waals surface area (Å²) < 4.78 is 1.77. The van der Waals surface area contributed by atoms with Crippen LogP contribution >= 0.6 is 12.2 Å². The summed E-state index contributed by atoms with van der Waals surface area (Å²) in [7, 11) is 0. The second kappa shape index (κ2) is 2.76. The van der Waals surface area contributed by atoms with Crippen LogP contribution in [0.3, 0.4) is 0 Å². The van der Waals surface area contributed by atoms with Gasteiger partial charge in [0.15, 0.2) is 11.0 Å². The Bertz CT molecular complexity index is 276. The first-order chi connectivity index (χ1) is 4.75. The molecular formula is C5H7N3OS. The van der Waals surface area contributed by atoms with Gasteiger partial charge in [0, 0.05) is 0 Å². The van der Waals surface area contributed by atoms with Crippen molar-refractivity contribution in [2.45, 2.75) is 6.23 Å². The second-order valence-electron chi connectivity index (χ2n) is 1.72. The molecule has 5 heteroatoms. The van der Waals surface area contributed by atoms with Crippen molar-refractivity contribution in [3.8, 4) is 0 Å². The van der Waals surface area contributed by atoms with E-state index in [0.717, 1.165) is 0 Å². The largest absolute Gasteiger partial charge is 0.369 e. The van der Waals surface area contributed by atoms with Crippen molar-refractivity contribution in [1.82, 2.24) is 14.8 Å². The highest BCUT2D eigenvalue weighted by atomic mass is 32.1. The van der Waals surface area contributed by atoms with Crippen molar-refractivity contribution in [2.75, 3.05) is 0 Å². The molecule has 1 aromatic heterocycles. The Labute approximate surface area is 62.8 Å². The molecule has 0 aromatic carbocycles. The molecule has 2 N–H and O–H groups in total. The van der Waals surface area contributed by atoms with Gasteiger partial charge in [-0.25, -0.2) is 0 Å². The van der Waals surface area contributed by atoms with E-state index in [2.05, 4.69) is 16.8 Å². The Morgan fingerprint density at radius 2 is 2.70 bits per heavy atom. The van der Waals surface area contributed by atoms with Gasteiger partial charge in [-0.2, -0.15) is 5.10 Å². The van der Waals surface area contributed by atoms with Crippen LogP contribution in [-0.2, 0) is 0 Å². The Hall–Kier alpha value is -0.940. The second-order valence-corrected chi connectivity index (χ2v) is 2.10. The summed E-state index contributed by atoms with van der Waals surface area (Å²) in [5, 5.41) is 15.2. The first kappa shape index (κ1) is 7.17. The van der Waals surface area contributed by atoms with Gasteiger partial charge in [0.05, 0.1) is 0 Å². The maximum atomic E-state index is 9.12. The molecule has 10 heavy (non-hydrogen) atoms. The summed E-state index contributed by atoms with van der Waals surface area (Å²) in [6.45, 7) is 3.40. The van der Waals surface area contributed by atoms with E-state index in [9.17, 15) is 0 Å². The molecule has 1 unspecified atom stereocenters. The topological polar surface area (TPSA) is 53.8 Å². The molecule has 0 aliphatic carbocycles. The van der Waals surface area contributed by atoms with Gasteiger partial charge in [0.25, 0.3) is 0 Å². The first-order valence-electron chi connectivity index (χ1n) is 2.68. The molecule has 1 atom stereocenters. The van der Waals surface area contributed by atoms with E-state index in [0.29, 0.717) is 4.77 Å². The summed E-state index contributed by atoms with van der Waals surface area (Å²) in [4.78, 5) is 0. The van der Waals surface area contributed by atoms with Crippen LogP contribution in [0.1, 0.15) is 6.23 Å². The van der Waals surface area contributed by atoms with Gasteiger partial charge < -0.3 is 5.11 Å². The van der Waals surface area contributed by atoms with Crippen LogP contribution < -0.4 is 0 Å². The average molecular weight is 157 g/mol. The minimum absolute atomic E-state index is 0.382. The van der Waals surface area contributed by atoms with Crippen LogP contribution in [0.5, 0.6) is 0 Å². The van der Waals surface area contributed by atoms with E-state index >= 15 is 0 Å². The van der Waals surface area contributed by atoms with Gasteiger partial charge in [-0.15, -0.1) is 0 Å². The predicted molar refractivity (Wildman–Crippen MR) is 38.9 cm³/mol. The molecule has 1 rings (SSSR count). The SMILES string of the molecule is C=CC(O)n1cn[nH]c1=S. The van der Waals surface area contributed by atoms with E-state index < -0.39 is 6.23 Å². The summed E-state index contributed by atoms with van der Waals surface area (Å²) in [6.07, 6.45) is 1.99. The van der Waals surface area contributed by atoms with E-state index in [1.54, 1.807) is 0 Å². The minimum Gasteiger partial charge on any atom is -0.369 e. The van der Waals surface area contributed by atoms with Crippen LogP contribution in [0, 0.1) is 4.77 Å². The van der Waals surface area contributed by atoms with Gasteiger partial charge >= 0.3 is 0 Å². The molecule has 1 aromatic rings. The third-order valence-corrected chi connectivity index (χ3v) is 1.37. The molecule has 0 saturated heterocycles. The number of hydrogen-bond donors (Lipinski definition) is 2. The van der Waals surface area contributed by atoms with Gasteiger partial charge in [-0.05, 0) is 18.3 Å². The lowest BCUT2D eigenvalue weighted by molar-refractivity contribution is 0.153. The summed E-state index contributed by atoms with van der Waals surface area (Å²) >= 11 is 4.76. The Balaban J connectivity index is 3.04. The fourth-order valence-corrected chi connectivity index (χ4v) is 0.766. The number of aromatic amines is 1. The number of hydrogen-bond acceptors (Lipinski definition) is 3. The molecule has 0 fully saturated rings. The van der Waals surface area contributed by atoms with Crippen molar-refractivity contribution in [1.29, 1.82) is 0 Å². The number of aromatic nitrogens is 3. The van der Waals surface area contributed by atoms with Crippen molar-refractivity contribution in [2.24, 2.45) is 0 Å². The Morgan fingerprint density at radius 1 is 2.00 bits per heavy atom. The molecular weight excluding hydrogens is 150 g/mol. The van der Waals surface area contributed by atoms with Crippen LogP contribution in [0.25, 0.3) is 0 Å². The molecule has 0 aliphatic heterocycles. The lowest BCUT2D eigenvalue weighted by Gasteiger charge is -2.02. The molecule has 1 heterocycles. The summed E-state index contributed by atoms with van der Waals surface area (Å²) in [6, 6.07) is 0. The molecule has 0 saturated carbocycles. The summed E-state index contributed by atoms with van der Waals surface area (Å²) in [5.74, 6) is 0. The fourth-order valence-electron chi connectivity index (χ4n) is 0.558. The molecule has 0 bridgehead atoms. The molecule has 0 radical (unpaired) electrons. The average Bonchev–Trinajstić information content (AvgIpc) is 2.34. The number of aliphatic hydroxyl groups is 1. The normalized spacial score (nSPS) is 12.9. The van der Waals surface area contributed by atoms with Gasteiger partial charge in [0.2, 0.25) is 0 Å². The van der Waals surface area contributed by atoms with E-state index in [1.807, 2.05) is 0 Å². The predicted octanol–water partition coefficient (Wildman–Crippen LogP) is 0.618. The number of H-pyrrole nitrogens is 1. The summed E-state index contributed by atoms with van der Waals surface area (Å²) in [5.41, 5.74) is 0. The number of rotatable bonds is 2. The number of nitrogens with one attached hydrogen (secondary N) is 1. The Morgan fingerprint density at radius 3 is 3.10 bits per heavy atom. The zero-order chi connectivity index (χ0) is 7.56. The van der Waals surface area contributed by atoms with E-state index in [4.69, 9.17) is 17.3 Å². The quantitative estimate of drug-likeness (QED) is 0.488. The molecule has 0 spiro atoms. The van der Waals surface area contributed by atoms with E-state index in [1.165, 1.54) is 17.0 Å². The zero-order valence-electron chi connectivity index (χ0n) is 5.19. The zero-order valence-corrected chi connectivity index (χ0v) is 6.01. The highest BCUT2D eigenvalue weighted by molar-refractivity contribution is 7.71. The van der Waals surface area contributed by atoms with Crippen LogP contribution in [0.2, 0.25) is 0 Å². The monoisotopic (exact) mass is 157 g/mol. The van der Waals surface area contributed by atoms with Crippen LogP contribution in [0.4, 0.5) is 0 Å². The maximum absolute atomic E-state index is 9.12. The minimum atomic E-state index is -0.786. The third kappa shape index (κ3) is 1.14. The van der Waals surface area contributed by atoms with Gasteiger partial charge in [-0.3, -0.25) is 9.67 Å². The van der Waals surface area contributed by atoms with Crippen molar-refractivity contribution in [3.63, 3.8) is 0 Å². The lowest BCUT2D eigenvalue weighted by Crippen LogP contribution is -2.02. The number of aliphatic hydroxyl groups excluding tert-OH is 1. The maximum Gasteiger partial charge on any atom is 0.197 e. The lowest BCUT2D eigenvalue weighted by atomic mass is 10.5. The molecule has 4 nitrogen and oxygen atoms in total. The van der Waals surface area contributed by atoms with Crippen molar-refractivity contribution in [3.05, 3.63) is 23.8 Å². The van der Waals surface area contributed by atoms with Crippen LogP contribution in [-0.4, -0.2) is 19.9 Å². The third-order valence-electron chi connectivity index (χ3n) is 1.07. The molecule has 0 amide bonds. The molecule has 0 aliphatic rings. The van der Waals surface area contributed by atoms with Crippen molar-refractivity contribution >= 4 is 12.2 Å². The highest BCUT2D eigenvalue weighted by Gasteiger charge is 2.00. The Kier molecular flexibility index (Phi) is 1.98. The van der Waals surface area contributed by atoms with Gasteiger partial charge in [-0.1, -0.05) is 6.58 Å². The standard InChI is InChI=1S/C5H7N3OS/c1-2-4(9)8-3-6-7-5(8)10/h2-4,9H,1H2,(H,7,10).